The molecule has 1 atom stereocenters. The lowest BCUT2D eigenvalue weighted by Gasteiger charge is -2.24. The average molecular weight is 339 g/mol. The Balaban J connectivity index is 1.81. The highest BCUT2D eigenvalue weighted by Gasteiger charge is 2.23. The average Bonchev–Trinajstić information content (AvgIpc) is 2.92. The number of fused-ring (bicyclic) bond motifs is 1. The van der Waals surface area contributed by atoms with Crippen molar-refractivity contribution in [3.8, 4) is 0 Å². The molecule has 1 heterocycles. The van der Waals surface area contributed by atoms with Crippen molar-refractivity contribution in [2.75, 3.05) is 11.4 Å². The molecule has 3 aromatic rings. The van der Waals surface area contributed by atoms with E-state index >= 15 is 0 Å². The summed E-state index contributed by atoms with van der Waals surface area (Å²) < 4.78 is 2.04. The summed E-state index contributed by atoms with van der Waals surface area (Å²) in [7, 11) is 1.99. The van der Waals surface area contributed by atoms with Gasteiger partial charge in [0.25, 0.3) is 0 Å². The van der Waals surface area contributed by atoms with Gasteiger partial charge in [-0.15, -0.1) is 0 Å². The summed E-state index contributed by atoms with van der Waals surface area (Å²) in [6.45, 7) is 4.59. The van der Waals surface area contributed by atoms with Gasteiger partial charge in [-0.05, 0) is 38.1 Å². The summed E-state index contributed by atoms with van der Waals surface area (Å²) in [5, 5.41) is 0.654. The van der Waals surface area contributed by atoms with Gasteiger partial charge in [0.15, 0.2) is 5.16 Å². The Morgan fingerprint density at radius 1 is 1.17 bits per heavy atom. The van der Waals surface area contributed by atoms with Crippen LogP contribution in [-0.2, 0) is 11.8 Å². The van der Waals surface area contributed by atoms with Crippen LogP contribution in [0.1, 0.15) is 13.8 Å². The van der Waals surface area contributed by atoms with Crippen molar-refractivity contribution in [3.05, 3.63) is 54.6 Å². The maximum absolute atomic E-state index is 12.9. The van der Waals surface area contributed by atoms with Crippen LogP contribution >= 0.6 is 11.8 Å². The first kappa shape index (κ1) is 16.6. The first-order chi connectivity index (χ1) is 11.6. The van der Waals surface area contributed by atoms with Gasteiger partial charge in [-0.2, -0.15) is 0 Å². The molecular formula is C19H21N3OS. The number of hydrogen-bond acceptors (Lipinski definition) is 3. The van der Waals surface area contributed by atoms with E-state index in [4.69, 9.17) is 0 Å². The number of imidazole rings is 1. The van der Waals surface area contributed by atoms with Crippen molar-refractivity contribution >= 4 is 34.4 Å². The minimum absolute atomic E-state index is 0.0979. The molecular weight excluding hydrogens is 318 g/mol. The van der Waals surface area contributed by atoms with E-state index in [0.717, 1.165) is 21.9 Å². The number of aromatic nitrogens is 2. The lowest BCUT2D eigenvalue weighted by Crippen LogP contribution is -2.36. The highest BCUT2D eigenvalue weighted by Crippen LogP contribution is 2.28. The number of rotatable bonds is 5. The van der Waals surface area contributed by atoms with Crippen LogP contribution in [0.15, 0.2) is 59.8 Å². The second-order valence-electron chi connectivity index (χ2n) is 5.62. The maximum atomic E-state index is 12.9. The van der Waals surface area contributed by atoms with E-state index in [1.807, 2.05) is 85.0 Å². The number of aryl methyl sites for hydroxylation is 1. The Morgan fingerprint density at radius 2 is 1.83 bits per heavy atom. The predicted molar refractivity (Wildman–Crippen MR) is 101 cm³/mol. The molecule has 5 heteroatoms. The Kier molecular flexibility index (Phi) is 4.90. The van der Waals surface area contributed by atoms with Gasteiger partial charge < -0.3 is 9.47 Å². The molecule has 24 heavy (non-hydrogen) atoms. The molecule has 0 bridgehead atoms. The first-order valence-corrected chi connectivity index (χ1v) is 8.94. The standard InChI is InChI=1S/C19H21N3OS/c1-4-22(15-10-6-5-7-11-15)18(23)14(2)24-19-20-16-12-8-9-13-17(16)21(19)3/h5-14H,4H2,1-3H3. The van der Waals surface area contributed by atoms with Gasteiger partial charge in [0.2, 0.25) is 5.91 Å². The summed E-state index contributed by atoms with van der Waals surface area (Å²) in [4.78, 5) is 19.3. The zero-order valence-corrected chi connectivity index (χ0v) is 15.0. The summed E-state index contributed by atoms with van der Waals surface area (Å²) in [5.74, 6) is 0.0979. The van der Waals surface area contributed by atoms with Crippen molar-refractivity contribution in [3.63, 3.8) is 0 Å². The van der Waals surface area contributed by atoms with Crippen LogP contribution in [0.3, 0.4) is 0 Å². The van der Waals surface area contributed by atoms with Crippen molar-refractivity contribution in [1.82, 2.24) is 9.55 Å². The lowest BCUT2D eigenvalue weighted by molar-refractivity contribution is -0.117. The maximum Gasteiger partial charge on any atom is 0.240 e. The number of anilines is 1. The summed E-state index contributed by atoms with van der Waals surface area (Å²) in [5.41, 5.74) is 2.97. The topological polar surface area (TPSA) is 38.1 Å². The molecule has 0 aliphatic carbocycles. The van der Waals surface area contributed by atoms with E-state index in [2.05, 4.69) is 4.98 Å². The van der Waals surface area contributed by atoms with E-state index in [9.17, 15) is 4.79 Å². The smallest absolute Gasteiger partial charge is 0.240 e. The molecule has 3 rings (SSSR count). The third-order valence-electron chi connectivity index (χ3n) is 4.03. The predicted octanol–water partition coefficient (Wildman–Crippen LogP) is 4.11. The number of carbonyl (C=O) groups is 1. The molecule has 1 unspecified atom stereocenters. The SMILES string of the molecule is CCN(C(=O)C(C)Sc1nc2ccccc2n1C)c1ccccc1. The van der Waals surface area contributed by atoms with Gasteiger partial charge in [0, 0.05) is 19.3 Å². The van der Waals surface area contributed by atoms with Crippen molar-refractivity contribution < 1.29 is 4.79 Å². The Hall–Kier alpha value is -2.27. The van der Waals surface area contributed by atoms with Crippen molar-refractivity contribution in [1.29, 1.82) is 0 Å². The monoisotopic (exact) mass is 339 g/mol. The molecule has 0 saturated carbocycles. The third-order valence-corrected chi connectivity index (χ3v) is 5.16. The molecule has 1 aromatic heterocycles. The highest BCUT2D eigenvalue weighted by molar-refractivity contribution is 8.00. The number of carbonyl (C=O) groups excluding carboxylic acids is 1. The molecule has 124 valence electrons. The minimum Gasteiger partial charge on any atom is -0.322 e. The highest BCUT2D eigenvalue weighted by atomic mass is 32.2. The van der Waals surface area contributed by atoms with E-state index < -0.39 is 0 Å². The number of thioether (sulfide) groups is 1. The van der Waals surface area contributed by atoms with E-state index in [0.29, 0.717) is 6.54 Å². The molecule has 0 aliphatic rings. The van der Waals surface area contributed by atoms with Gasteiger partial charge in [0.1, 0.15) is 0 Å². The number of amides is 1. The van der Waals surface area contributed by atoms with Crippen LogP contribution in [-0.4, -0.2) is 27.3 Å². The molecule has 4 nitrogen and oxygen atoms in total. The Morgan fingerprint density at radius 3 is 2.50 bits per heavy atom. The first-order valence-electron chi connectivity index (χ1n) is 8.06. The minimum atomic E-state index is -0.208. The van der Waals surface area contributed by atoms with Gasteiger partial charge in [0.05, 0.1) is 16.3 Å². The molecule has 0 N–H and O–H groups in total. The molecule has 2 aromatic carbocycles. The second-order valence-corrected chi connectivity index (χ2v) is 6.93. The fraction of sp³-hybridized carbons (Fsp3) is 0.263. The number of hydrogen-bond donors (Lipinski definition) is 0. The molecule has 0 aliphatic heterocycles. The van der Waals surface area contributed by atoms with Crippen LogP contribution in [0, 0.1) is 0 Å². The molecule has 0 saturated heterocycles. The van der Waals surface area contributed by atoms with E-state index in [1.165, 1.54) is 11.8 Å². The van der Waals surface area contributed by atoms with Crippen LogP contribution in [0.5, 0.6) is 0 Å². The fourth-order valence-electron chi connectivity index (χ4n) is 2.73. The van der Waals surface area contributed by atoms with Crippen LogP contribution in [0.2, 0.25) is 0 Å². The number of nitrogens with zero attached hydrogens (tertiary/aromatic N) is 3. The number of benzene rings is 2. The zero-order chi connectivity index (χ0) is 17.1. The van der Waals surface area contributed by atoms with E-state index in [1.54, 1.807) is 0 Å². The van der Waals surface area contributed by atoms with Gasteiger partial charge >= 0.3 is 0 Å². The molecule has 0 spiro atoms. The van der Waals surface area contributed by atoms with Crippen LogP contribution < -0.4 is 4.90 Å². The van der Waals surface area contributed by atoms with Gasteiger partial charge in [-0.3, -0.25) is 4.79 Å². The molecule has 1 amide bonds. The fourth-order valence-corrected chi connectivity index (χ4v) is 3.68. The van der Waals surface area contributed by atoms with Crippen LogP contribution in [0.25, 0.3) is 11.0 Å². The Bertz CT molecular complexity index is 844. The number of para-hydroxylation sites is 3. The summed E-state index contributed by atoms with van der Waals surface area (Å²) in [6, 6.07) is 17.8. The summed E-state index contributed by atoms with van der Waals surface area (Å²) in [6.07, 6.45) is 0. The molecule has 0 fully saturated rings. The quantitative estimate of drug-likeness (QED) is 0.657. The second kappa shape index (κ2) is 7.09. The van der Waals surface area contributed by atoms with Crippen molar-refractivity contribution in [2.24, 2.45) is 7.05 Å². The largest absolute Gasteiger partial charge is 0.322 e. The summed E-state index contributed by atoms with van der Waals surface area (Å²) >= 11 is 1.50. The van der Waals surface area contributed by atoms with Gasteiger partial charge in [-0.25, -0.2) is 4.98 Å². The zero-order valence-electron chi connectivity index (χ0n) is 14.1. The van der Waals surface area contributed by atoms with Crippen LogP contribution in [0.4, 0.5) is 5.69 Å². The lowest BCUT2D eigenvalue weighted by atomic mass is 10.2. The molecule has 0 radical (unpaired) electrons. The third kappa shape index (κ3) is 3.17. The van der Waals surface area contributed by atoms with Crippen molar-refractivity contribution in [2.45, 2.75) is 24.3 Å². The van der Waals surface area contributed by atoms with Gasteiger partial charge in [-0.1, -0.05) is 42.1 Å². The normalized spacial score (nSPS) is 12.3. The van der Waals surface area contributed by atoms with E-state index in [-0.39, 0.29) is 11.2 Å². The Labute approximate surface area is 146 Å².